The van der Waals surface area contributed by atoms with E-state index in [1.165, 1.54) is 42.5 Å². The monoisotopic (exact) mass is 276 g/mol. The van der Waals surface area contributed by atoms with Crippen LogP contribution in [0.3, 0.4) is 0 Å². The Kier molecular flexibility index (Phi) is 3.85. The summed E-state index contributed by atoms with van der Waals surface area (Å²) < 4.78 is 14.5. The van der Waals surface area contributed by atoms with Gasteiger partial charge in [-0.15, -0.1) is 5.10 Å². The normalized spacial score (nSPS) is 23.1. The van der Waals surface area contributed by atoms with Crippen LogP contribution in [0.25, 0.3) is 5.65 Å². The number of hydrogen-bond acceptors (Lipinski definition) is 3. The van der Waals surface area contributed by atoms with Crippen molar-refractivity contribution in [2.24, 2.45) is 11.8 Å². The number of pyridine rings is 1. The summed E-state index contributed by atoms with van der Waals surface area (Å²) in [6.45, 7) is 3.23. The molecule has 1 saturated carbocycles. The van der Waals surface area contributed by atoms with Crippen LogP contribution in [0.4, 0.5) is 10.3 Å². The topological polar surface area (TPSA) is 42.2 Å². The van der Waals surface area contributed by atoms with Gasteiger partial charge >= 0.3 is 0 Å². The zero-order valence-corrected chi connectivity index (χ0v) is 11.8. The first-order valence-corrected chi connectivity index (χ1v) is 7.46. The summed E-state index contributed by atoms with van der Waals surface area (Å²) in [4.78, 5) is 4.32. The molecule has 2 aromatic rings. The molecule has 2 heterocycles. The van der Waals surface area contributed by atoms with Crippen molar-refractivity contribution in [1.29, 1.82) is 0 Å². The van der Waals surface area contributed by atoms with Crippen LogP contribution in [0.15, 0.2) is 18.3 Å². The largest absolute Gasteiger partial charge is 0.353 e. The van der Waals surface area contributed by atoms with Gasteiger partial charge in [-0.05, 0) is 30.4 Å². The molecule has 0 atom stereocenters. The van der Waals surface area contributed by atoms with Gasteiger partial charge in [0, 0.05) is 6.54 Å². The molecule has 20 heavy (non-hydrogen) atoms. The van der Waals surface area contributed by atoms with Gasteiger partial charge in [-0.3, -0.25) is 0 Å². The maximum Gasteiger partial charge on any atom is 0.243 e. The summed E-state index contributed by atoms with van der Waals surface area (Å²) in [5, 5.41) is 7.47. The van der Waals surface area contributed by atoms with E-state index < -0.39 is 0 Å². The Balaban J connectivity index is 1.52. The molecule has 5 heteroatoms. The third-order valence-electron chi connectivity index (χ3n) is 4.27. The summed E-state index contributed by atoms with van der Waals surface area (Å²) in [6, 6.07) is 3.03. The third-order valence-corrected chi connectivity index (χ3v) is 4.27. The van der Waals surface area contributed by atoms with Gasteiger partial charge in [0.05, 0.1) is 6.20 Å². The minimum Gasteiger partial charge on any atom is -0.353 e. The lowest BCUT2D eigenvalue weighted by Gasteiger charge is -2.25. The SMILES string of the molecule is CC1CCC(CCNc2nc3ccc(F)cn3n2)CC1. The molecule has 4 nitrogen and oxygen atoms in total. The Labute approximate surface area is 118 Å². The summed E-state index contributed by atoms with van der Waals surface area (Å²) in [5.74, 6) is 2.01. The summed E-state index contributed by atoms with van der Waals surface area (Å²) >= 11 is 0. The van der Waals surface area contributed by atoms with Gasteiger partial charge in [-0.1, -0.05) is 32.6 Å². The lowest BCUT2D eigenvalue weighted by Crippen LogP contribution is -2.16. The molecule has 2 aromatic heterocycles. The average Bonchev–Trinajstić information content (AvgIpc) is 2.83. The van der Waals surface area contributed by atoms with Gasteiger partial charge in [0.1, 0.15) is 5.82 Å². The van der Waals surface area contributed by atoms with E-state index in [0.29, 0.717) is 11.6 Å². The number of aromatic nitrogens is 3. The highest BCUT2D eigenvalue weighted by Crippen LogP contribution is 2.30. The van der Waals surface area contributed by atoms with Crippen LogP contribution < -0.4 is 5.32 Å². The zero-order chi connectivity index (χ0) is 13.9. The molecule has 1 aliphatic rings. The van der Waals surface area contributed by atoms with E-state index in [1.54, 1.807) is 6.07 Å². The number of anilines is 1. The highest BCUT2D eigenvalue weighted by atomic mass is 19.1. The maximum atomic E-state index is 13.1. The molecule has 108 valence electrons. The Morgan fingerprint density at radius 2 is 2.10 bits per heavy atom. The van der Waals surface area contributed by atoms with Crippen LogP contribution in [0.2, 0.25) is 0 Å². The first kappa shape index (κ1) is 13.3. The molecule has 0 unspecified atom stereocenters. The quantitative estimate of drug-likeness (QED) is 0.929. The fraction of sp³-hybridized carbons (Fsp3) is 0.600. The summed E-state index contributed by atoms with van der Waals surface area (Å²) in [6.07, 6.45) is 7.90. The van der Waals surface area contributed by atoms with E-state index in [-0.39, 0.29) is 5.82 Å². The van der Waals surface area contributed by atoms with Crippen LogP contribution in [-0.4, -0.2) is 21.1 Å². The first-order valence-electron chi connectivity index (χ1n) is 7.46. The van der Waals surface area contributed by atoms with Gasteiger partial charge in [-0.25, -0.2) is 8.91 Å². The molecule has 0 radical (unpaired) electrons. The Bertz CT molecular complexity index is 572. The molecule has 1 aliphatic carbocycles. The van der Waals surface area contributed by atoms with Crippen molar-refractivity contribution in [3.05, 3.63) is 24.1 Å². The van der Waals surface area contributed by atoms with Crippen LogP contribution in [0.5, 0.6) is 0 Å². The Morgan fingerprint density at radius 1 is 1.30 bits per heavy atom. The molecule has 0 aromatic carbocycles. The maximum absolute atomic E-state index is 13.1. The van der Waals surface area contributed by atoms with Crippen molar-refractivity contribution in [2.45, 2.75) is 39.0 Å². The second kappa shape index (κ2) is 5.77. The van der Waals surface area contributed by atoms with Gasteiger partial charge in [0.25, 0.3) is 0 Å². The Morgan fingerprint density at radius 3 is 2.90 bits per heavy atom. The second-order valence-electron chi connectivity index (χ2n) is 5.93. The lowest BCUT2D eigenvalue weighted by molar-refractivity contribution is 0.282. The minimum atomic E-state index is -0.301. The molecule has 3 rings (SSSR count). The van der Waals surface area contributed by atoms with E-state index >= 15 is 0 Å². The first-order chi connectivity index (χ1) is 9.70. The number of hydrogen-bond donors (Lipinski definition) is 1. The number of rotatable bonds is 4. The molecular formula is C15H21FN4. The van der Waals surface area contributed by atoms with Crippen LogP contribution in [0, 0.1) is 17.7 Å². The third kappa shape index (κ3) is 3.08. The van der Waals surface area contributed by atoms with E-state index in [4.69, 9.17) is 0 Å². The molecule has 0 amide bonds. The highest BCUT2D eigenvalue weighted by Gasteiger charge is 2.17. The molecule has 0 spiro atoms. The van der Waals surface area contributed by atoms with E-state index in [1.807, 2.05) is 0 Å². The van der Waals surface area contributed by atoms with Crippen molar-refractivity contribution in [1.82, 2.24) is 14.6 Å². The van der Waals surface area contributed by atoms with Crippen molar-refractivity contribution in [2.75, 3.05) is 11.9 Å². The van der Waals surface area contributed by atoms with Gasteiger partial charge < -0.3 is 5.32 Å². The molecule has 1 fully saturated rings. The van der Waals surface area contributed by atoms with E-state index in [9.17, 15) is 4.39 Å². The highest BCUT2D eigenvalue weighted by molar-refractivity contribution is 5.42. The van der Waals surface area contributed by atoms with Crippen LogP contribution >= 0.6 is 0 Å². The lowest BCUT2D eigenvalue weighted by atomic mass is 9.81. The average molecular weight is 276 g/mol. The molecule has 1 N–H and O–H groups in total. The summed E-state index contributed by atoms with van der Waals surface area (Å²) in [7, 11) is 0. The van der Waals surface area contributed by atoms with Gasteiger partial charge in [0.15, 0.2) is 5.65 Å². The van der Waals surface area contributed by atoms with E-state index in [0.717, 1.165) is 24.8 Å². The predicted molar refractivity (Wildman–Crippen MR) is 77.2 cm³/mol. The summed E-state index contributed by atoms with van der Waals surface area (Å²) in [5.41, 5.74) is 0.667. The fourth-order valence-corrected chi connectivity index (χ4v) is 2.94. The van der Waals surface area contributed by atoms with E-state index in [2.05, 4.69) is 22.3 Å². The number of nitrogens with zero attached hydrogens (tertiary/aromatic N) is 3. The predicted octanol–water partition coefficient (Wildman–Crippen LogP) is 3.50. The van der Waals surface area contributed by atoms with Gasteiger partial charge in [0.2, 0.25) is 5.95 Å². The molecule has 0 saturated heterocycles. The number of halogens is 1. The minimum absolute atomic E-state index is 0.301. The van der Waals surface area contributed by atoms with Crippen LogP contribution in [0.1, 0.15) is 39.0 Å². The molecule has 0 bridgehead atoms. The molecular weight excluding hydrogens is 255 g/mol. The zero-order valence-electron chi connectivity index (χ0n) is 11.8. The standard InChI is InChI=1S/C15H21FN4/c1-11-2-4-12(5-3-11)8-9-17-15-18-14-7-6-13(16)10-20(14)19-15/h6-7,10-12H,2-5,8-9H2,1H3,(H,17,19). The van der Waals surface area contributed by atoms with Crippen molar-refractivity contribution in [3.63, 3.8) is 0 Å². The number of nitrogens with one attached hydrogen (secondary N) is 1. The van der Waals surface area contributed by atoms with Crippen LogP contribution in [-0.2, 0) is 0 Å². The number of fused-ring (bicyclic) bond motifs is 1. The van der Waals surface area contributed by atoms with Crippen molar-refractivity contribution < 1.29 is 4.39 Å². The van der Waals surface area contributed by atoms with Gasteiger partial charge in [-0.2, -0.15) is 4.98 Å². The molecule has 0 aliphatic heterocycles. The van der Waals surface area contributed by atoms with Crippen molar-refractivity contribution >= 4 is 11.6 Å². The smallest absolute Gasteiger partial charge is 0.243 e. The van der Waals surface area contributed by atoms with Crippen molar-refractivity contribution in [3.8, 4) is 0 Å². The fourth-order valence-electron chi connectivity index (χ4n) is 2.94. The Hall–Kier alpha value is -1.65. The second-order valence-corrected chi connectivity index (χ2v) is 5.93.